The van der Waals surface area contributed by atoms with E-state index < -0.39 is 65.7 Å². The van der Waals surface area contributed by atoms with Crippen LogP contribution >= 0.6 is 0 Å². The molecule has 0 fully saturated rings. The quantitative estimate of drug-likeness (QED) is 0.0424. The largest absolute Gasteiger partial charge is 0.493 e. The topological polar surface area (TPSA) is 192 Å². The number of esters is 2. The highest BCUT2D eigenvalue weighted by atomic mass is 19.1. The second-order valence-electron chi connectivity index (χ2n) is 12.9. The number of benzene rings is 3. The molecule has 59 heavy (non-hydrogen) atoms. The van der Waals surface area contributed by atoms with E-state index in [9.17, 15) is 37.5 Å². The lowest BCUT2D eigenvalue weighted by Crippen LogP contribution is -2.48. The van der Waals surface area contributed by atoms with E-state index in [0.29, 0.717) is 12.0 Å². The number of halogens is 2. The lowest BCUT2D eigenvalue weighted by Gasteiger charge is -2.32. The zero-order valence-electron chi connectivity index (χ0n) is 33.0. The van der Waals surface area contributed by atoms with Crippen molar-refractivity contribution in [3.05, 3.63) is 113 Å². The van der Waals surface area contributed by atoms with E-state index in [0.717, 1.165) is 37.0 Å². The maximum Gasteiger partial charge on any atom is 0.328 e. The van der Waals surface area contributed by atoms with Crippen LogP contribution in [-0.2, 0) is 46.5 Å². The van der Waals surface area contributed by atoms with Gasteiger partial charge in [0.2, 0.25) is 12.3 Å². The van der Waals surface area contributed by atoms with Crippen LogP contribution in [0.2, 0.25) is 0 Å². The van der Waals surface area contributed by atoms with Crippen molar-refractivity contribution in [2.45, 2.75) is 58.2 Å². The van der Waals surface area contributed by atoms with E-state index in [2.05, 4.69) is 20.7 Å². The number of rotatable bonds is 22. The van der Waals surface area contributed by atoms with Crippen LogP contribution in [-0.4, -0.2) is 80.7 Å². The molecule has 1 heterocycles. The molecule has 0 bridgehead atoms. The molecule has 1 aromatic heterocycles. The molecule has 15 nitrogen and oxygen atoms in total. The van der Waals surface area contributed by atoms with Crippen LogP contribution in [0, 0.1) is 17.6 Å². The van der Waals surface area contributed by atoms with Gasteiger partial charge in [-0.3, -0.25) is 28.8 Å². The molecular formula is C42H46F2N4O11. The number of carbonyl (C=O) groups excluding carboxylic acids is 6. The lowest BCUT2D eigenvalue weighted by molar-refractivity contribution is -0.200. The van der Waals surface area contributed by atoms with Crippen LogP contribution in [0.1, 0.15) is 65.1 Å². The van der Waals surface area contributed by atoms with Gasteiger partial charge >= 0.3 is 11.9 Å². The molecule has 3 aromatic carbocycles. The number of furan rings is 1. The molecule has 0 saturated heterocycles. The first-order valence-electron chi connectivity index (χ1n) is 18.7. The zero-order chi connectivity index (χ0) is 42.9. The summed E-state index contributed by atoms with van der Waals surface area (Å²) in [5, 5.41) is 8.73. The SMILES string of the molecule is CCOc1cc(-c2ccc(C(=O)NCNC(=O)[C@H](CCc3ccc(F)cc3F)[C@@H](CC)N(C=O)OCc3ccccc3)o2)ccc1C(=O)N[C@@H](CC(=O)OC)C(=O)OC. The normalized spacial score (nSPS) is 12.3. The van der Waals surface area contributed by atoms with Gasteiger partial charge in [0.1, 0.15) is 35.8 Å². The molecule has 3 atom stereocenters. The van der Waals surface area contributed by atoms with Crippen molar-refractivity contribution in [3.63, 3.8) is 0 Å². The second-order valence-corrected chi connectivity index (χ2v) is 12.9. The predicted molar refractivity (Wildman–Crippen MR) is 207 cm³/mol. The van der Waals surface area contributed by atoms with Crippen LogP contribution in [0.4, 0.5) is 8.78 Å². The molecule has 0 radical (unpaired) electrons. The smallest absolute Gasteiger partial charge is 0.328 e. The van der Waals surface area contributed by atoms with Crippen molar-refractivity contribution >= 4 is 36.1 Å². The van der Waals surface area contributed by atoms with Crippen molar-refractivity contribution in [3.8, 4) is 17.1 Å². The third-order valence-electron chi connectivity index (χ3n) is 9.15. The van der Waals surface area contributed by atoms with Gasteiger partial charge in [0.15, 0.2) is 5.76 Å². The van der Waals surface area contributed by atoms with Gasteiger partial charge < -0.3 is 34.6 Å². The molecule has 0 aliphatic rings. The fourth-order valence-corrected chi connectivity index (χ4v) is 6.11. The molecule has 0 unspecified atom stereocenters. The summed E-state index contributed by atoms with van der Waals surface area (Å²) in [7, 11) is 2.26. The average molecular weight is 821 g/mol. The summed E-state index contributed by atoms with van der Waals surface area (Å²) >= 11 is 0. The van der Waals surface area contributed by atoms with E-state index in [-0.39, 0.29) is 67.5 Å². The Morgan fingerprint density at radius 3 is 2.31 bits per heavy atom. The molecule has 4 aromatic rings. The summed E-state index contributed by atoms with van der Waals surface area (Å²) in [5.74, 6) is -5.79. The van der Waals surface area contributed by atoms with E-state index in [1.54, 1.807) is 13.8 Å². The lowest BCUT2D eigenvalue weighted by atomic mass is 9.89. The number of aryl methyl sites for hydroxylation is 1. The molecule has 3 N–H and O–H groups in total. The Balaban J connectivity index is 1.45. The average Bonchev–Trinajstić information content (AvgIpc) is 3.74. The number of carbonyl (C=O) groups is 6. The van der Waals surface area contributed by atoms with Crippen molar-refractivity contribution in [1.82, 2.24) is 21.0 Å². The minimum Gasteiger partial charge on any atom is -0.493 e. The third kappa shape index (κ3) is 12.7. The van der Waals surface area contributed by atoms with Crippen molar-refractivity contribution in [1.29, 1.82) is 0 Å². The van der Waals surface area contributed by atoms with Gasteiger partial charge in [0.05, 0.1) is 51.4 Å². The van der Waals surface area contributed by atoms with Gasteiger partial charge in [0.25, 0.3) is 11.8 Å². The van der Waals surface area contributed by atoms with Crippen molar-refractivity contribution in [2.75, 3.05) is 27.5 Å². The van der Waals surface area contributed by atoms with Crippen LogP contribution in [0.3, 0.4) is 0 Å². The molecule has 0 aliphatic carbocycles. The van der Waals surface area contributed by atoms with Gasteiger partial charge in [0, 0.05) is 11.6 Å². The minimum absolute atomic E-state index is 0.0354. The Morgan fingerprint density at radius 1 is 0.881 bits per heavy atom. The third-order valence-corrected chi connectivity index (χ3v) is 9.15. The van der Waals surface area contributed by atoms with Gasteiger partial charge in [-0.2, -0.15) is 0 Å². The first-order valence-corrected chi connectivity index (χ1v) is 18.7. The molecular weight excluding hydrogens is 774 g/mol. The van der Waals surface area contributed by atoms with Gasteiger partial charge in [-0.1, -0.05) is 49.4 Å². The van der Waals surface area contributed by atoms with Crippen LogP contribution < -0.4 is 20.7 Å². The van der Waals surface area contributed by atoms with E-state index in [1.807, 2.05) is 30.3 Å². The van der Waals surface area contributed by atoms with Crippen molar-refractivity contribution in [2.24, 2.45) is 5.92 Å². The fourth-order valence-electron chi connectivity index (χ4n) is 6.11. The molecule has 314 valence electrons. The molecule has 0 saturated carbocycles. The maximum atomic E-state index is 14.6. The van der Waals surface area contributed by atoms with E-state index in [1.165, 1.54) is 36.4 Å². The number of nitrogens with zero attached hydrogens (tertiary/aromatic N) is 1. The predicted octanol–water partition coefficient (Wildman–Crippen LogP) is 4.88. The maximum absolute atomic E-state index is 14.6. The number of nitrogens with one attached hydrogen (secondary N) is 3. The number of ether oxygens (including phenoxy) is 3. The minimum atomic E-state index is -1.32. The van der Waals surface area contributed by atoms with Gasteiger partial charge in [-0.05, 0) is 67.6 Å². The highest BCUT2D eigenvalue weighted by Crippen LogP contribution is 2.30. The molecule has 4 amide bonds. The molecule has 0 spiro atoms. The van der Waals surface area contributed by atoms with E-state index >= 15 is 0 Å². The summed E-state index contributed by atoms with van der Waals surface area (Å²) in [4.78, 5) is 82.1. The summed E-state index contributed by atoms with van der Waals surface area (Å²) in [6.45, 7) is 3.32. The standard InChI is InChI=1S/C42H46F2N4O11/c1-5-34(48(25-49)58-23-26-10-8-7-9-11-26)30(16-13-27-12-15-29(43)21-32(27)44)39(51)45-24-46-41(53)36-19-18-35(59-36)28-14-17-31(37(20-28)57-6-2)40(52)47-33(42(54)56-4)22-38(50)55-3/h7-12,14-15,17-21,25,30,33-34H,5-6,13,16,22-24H2,1-4H3,(H,45,51)(H,46,53)(H,47,52)/t30-,33+,34-/m1/s1. The van der Waals surface area contributed by atoms with Crippen LogP contribution in [0.5, 0.6) is 5.75 Å². The van der Waals surface area contributed by atoms with Crippen molar-refractivity contribution < 1.29 is 61.0 Å². The first-order chi connectivity index (χ1) is 28.4. The van der Waals surface area contributed by atoms with Crippen LogP contribution in [0.15, 0.2) is 83.3 Å². The Morgan fingerprint density at radius 2 is 1.64 bits per heavy atom. The van der Waals surface area contributed by atoms with E-state index in [4.69, 9.17) is 18.7 Å². The zero-order valence-corrected chi connectivity index (χ0v) is 33.0. The highest BCUT2D eigenvalue weighted by Gasteiger charge is 2.33. The van der Waals surface area contributed by atoms with Crippen LogP contribution in [0.25, 0.3) is 11.3 Å². The number of methoxy groups -OCH3 is 2. The Labute approximate surface area is 339 Å². The summed E-state index contributed by atoms with van der Waals surface area (Å²) in [6, 6.07) is 17.5. The Hall–Kier alpha value is -6.62. The Kier molecular flexibility index (Phi) is 17.1. The number of hydroxylamine groups is 2. The summed E-state index contributed by atoms with van der Waals surface area (Å²) < 4.78 is 48.9. The summed E-state index contributed by atoms with van der Waals surface area (Å²) in [5.41, 5.74) is 1.43. The number of amides is 4. The van der Waals surface area contributed by atoms with Gasteiger partial charge in [-0.15, -0.1) is 0 Å². The number of hydrogen-bond donors (Lipinski definition) is 3. The molecule has 0 aliphatic heterocycles. The molecule has 17 heteroatoms. The second kappa shape index (κ2) is 22.4. The first kappa shape index (κ1) is 45.1. The highest BCUT2D eigenvalue weighted by molar-refractivity contribution is 6.00. The monoisotopic (exact) mass is 820 g/mol. The number of hydrogen-bond acceptors (Lipinski definition) is 11. The summed E-state index contributed by atoms with van der Waals surface area (Å²) in [6.07, 6.45) is 0.372. The molecule has 4 rings (SSSR count). The van der Waals surface area contributed by atoms with Gasteiger partial charge in [-0.25, -0.2) is 18.6 Å². The Bertz CT molecular complexity index is 2080. The fraction of sp³-hybridized carbons (Fsp3) is 0.333.